The van der Waals surface area contributed by atoms with Gasteiger partial charge >= 0.3 is 0 Å². The minimum atomic E-state index is -0.280. The fraction of sp³-hybridized carbons (Fsp3) is 0.200. The number of imidazole rings is 1. The zero-order valence-corrected chi connectivity index (χ0v) is 12.4. The molecular weight excluding hydrogens is 293 g/mol. The highest BCUT2D eigenvalue weighted by Crippen LogP contribution is 2.26. The maximum absolute atomic E-state index is 13.8. The highest BCUT2D eigenvalue weighted by Gasteiger charge is 2.16. The van der Waals surface area contributed by atoms with E-state index in [0.717, 1.165) is 0 Å². The Hall–Kier alpha value is -2.14. The van der Waals surface area contributed by atoms with Crippen LogP contribution in [-0.2, 0) is 5.88 Å². The Bertz CT molecular complexity index is 816. The van der Waals surface area contributed by atoms with Gasteiger partial charge in [-0.2, -0.15) is 4.98 Å². The average Bonchev–Trinajstić information content (AvgIpc) is 2.87. The van der Waals surface area contributed by atoms with Gasteiger partial charge < -0.3 is 4.74 Å². The summed E-state index contributed by atoms with van der Waals surface area (Å²) in [7, 11) is 1.55. The molecular formula is C15H13ClFN3O. The van der Waals surface area contributed by atoms with Crippen molar-refractivity contribution in [3.8, 4) is 11.6 Å². The Morgan fingerprint density at radius 3 is 2.76 bits per heavy atom. The second kappa shape index (κ2) is 5.33. The van der Waals surface area contributed by atoms with Crippen LogP contribution in [0.1, 0.15) is 11.4 Å². The van der Waals surface area contributed by atoms with Gasteiger partial charge in [0.1, 0.15) is 17.2 Å². The fourth-order valence-electron chi connectivity index (χ4n) is 2.28. The van der Waals surface area contributed by atoms with Crippen molar-refractivity contribution in [3.05, 3.63) is 47.5 Å². The molecule has 0 aliphatic carbocycles. The van der Waals surface area contributed by atoms with Crippen LogP contribution in [0.2, 0.25) is 0 Å². The van der Waals surface area contributed by atoms with Gasteiger partial charge in [-0.25, -0.2) is 9.37 Å². The molecule has 6 heteroatoms. The number of nitrogens with zero attached hydrogens (tertiary/aromatic N) is 3. The zero-order chi connectivity index (χ0) is 15.0. The van der Waals surface area contributed by atoms with Crippen LogP contribution in [-0.4, -0.2) is 21.6 Å². The number of fused-ring (bicyclic) bond motifs is 1. The van der Waals surface area contributed by atoms with E-state index in [1.54, 1.807) is 30.7 Å². The first-order valence-electron chi connectivity index (χ1n) is 6.39. The van der Waals surface area contributed by atoms with E-state index in [-0.39, 0.29) is 11.7 Å². The topological polar surface area (TPSA) is 39.9 Å². The Morgan fingerprint density at radius 1 is 1.24 bits per heavy atom. The first kappa shape index (κ1) is 13.8. The third-order valence-electron chi connectivity index (χ3n) is 3.36. The lowest BCUT2D eigenvalue weighted by atomic mass is 10.2. The van der Waals surface area contributed by atoms with E-state index in [1.807, 2.05) is 12.1 Å². The number of halogens is 2. The van der Waals surface area contributed by atoms with E-state index >= 15 is 0 Å². The lowest BCUT2D eigenvalue weighted by molar-refractivity contribution is 0.399. The molecule has 3 aromatic rings. The van der Waals surface area contributed by atoms with Crippen LogP contribution < -0.4 is 4.74 Å². The number of hydrogen-bond donors (Lipinski definition) is 0. The van der Waals surface area contributed by atoms with Gasteiger partial charge in [0.15, 0.2) is 5.65 Å². The highest BCUT2D eigenvalue weighted by molar-refractivity contribution is 6.16. The van der Waals surface area contributed by atoms with Crippen LogP contribution in [0.25, 0.3) is 16.9 Å². The number of alkyl halides is 1. The van der Waals surface area contributed by atoms with Gasteiger partial charge in [0.25, 0.3) is 0 Å². The minimum Gasteiger partial charge on any atom is -0.481 e. The second-order valence-electron chi connectivity index (χ2n) is 4.58. The molecule has 0 amide bonds. The lowest BCUT2D eigenvalue weighted by Crippen LogP contribution is -2.04. The molecule has 0 unspecified atom stereocenters. The van der Waals surface area contributed by atoms with Crippen molar-refractivity contribution >= 4 is 22.8 Å². The third kappa shape index (κ3) is 2.23. The molecule has 3 rings (SSSR count). The van der Waals surface area contributed by atoms with Crippen molar-refractivity contribution in [3.63, 3.8) is 0 Å². The van der Waals surface area contributed by atoms with Crippen molar-refractivity contribution < 1.29 is 9.13 Å². The molecule has 108 valence electrons. The monoisotopic (exact) mass is 305 g/mol. The number of ether oxygens (including phenoxy) is 1. The molecule has 0 fully saturated rings. The number of benzene rings is 1. The summed E-state index contributed by atoms with van der Waals surface area (Å²) in [6, 6.07) is 8.43. The van der Waals surface area contributed by atoms with E-state index in [2.05, 4.69) is 9.97 Å². The summed E-state index contributed by atoms with van der Waals surface area (Å²) >= 11 is 5.98. The van der Waals surface area contributed by atoms with Gasteiger partial charge in [0.05, 0.1) is 18.7 Å². The molecule has 0 spiro atoms. The molecule has 0 aliphatic rings. The SMILES string of the molecule is COc1ccc2nc(CCl)n(-c3cccc(F)c3C)c2n1. The molecule has 0 atom stereocenters. The molecule has 0 saturated heterocycles. The quantitative estimate of drug-likeness (QED) is 0.694. The van der Waals surface area contributed by atoms with Gasteiger partial charge in [0, 0.05) is 11.6 Å². The first-order chi connectivity index (χ1) is 10.2. The van der Waals surface area contributed by atoms with E-state index in [1.165, 1.54) is 6.07 Å². The molecule has 0 N–H and O–H groups in total. The van der Waals surface area contributed by atoms with Gasteiger partial charge in [-0.15, -0.1) is 11.6 Å². The number of rotatable bonds is 3. The number of aromatic nitrogens is 3. The third-order valence-corrected chi connectivity index (χ3v) is 3.60. The largest absolute Gasteiger partial charge is 0.481 e. The van der Waals surface area contributed by atoms with Crippen LogP contribution in [0.4, 0.5) is 4.39 Å². The molecule has 1 aromatic carbocycles. The van der Waals surface area contributed by atoms with Crippen LogP contribution in [0.5, 0.6) is 5.88 Å². The van der Waals surface area contributed by atoms with E-state index < -0.39 is 0 Å². The van der Waals surface area contributed by atoms with Crippen molar-refractivity contribution in [1.82, 2.24) is 14.5 Å². The standard InChI is InChI=1S/C15H13ClFN3O/c1-9-10(17)4-3-5-12(9)20-13(8-16)18-11-6-7-14(21-2)19-15(11)20/h3-7H,8H2,1-2H3. The summed E-state index contributed by atoms with van der Waals surface area (Å²) in [4.78, 5) is 8.85. The van der Waals surface area contributed by atoms with E-state index in [0.29, 0.717) is 34.1 Å². The van der Waals surface area contributed by atoms with Gasteiger partial charge in [0.2, 0.25) is 5.88 Å². The summed E-state index contributed by atoms with van der Waals surface area (Å²) in [5, 5.41) is 0. The Labute approximate surface area is 126 Å². The van der Waals surface area contributed by atoms with Crippen LogP contribution in [0.15, 0.2) is 30.3 Å². The van der Waals surface area contributed by atoms with E-state index in [9.17, 15) is 4.39 Å². The molecule has 2 heterocycles. The maximum Gasteiger partial charge on any atom is 0.215 e. The fourth-order valence-corrected chi connectivity index (χ4v) is 2.46. The van der Waals surface area contributed by atoms with E-state index in [4.69, 9.17) is 16.3 Å². The Morgan fingerprint density at radius 2 is 2.05 bits per heavy atom. The Kier molecular flexibility index (Phi) is 3.51. The number of pyridine rings is 1. The number of hydrogen-bond acceptors (Lipinski definition) is 3. The molecule has 0 aliphatic heterocycles. The van der Waals surface area contributed by atoms with Gasteiger partial charge in [-0.3, -0.25) is 4.57 Å². The lowest BCUT2D eigenvalue weighted by Gasteiger charge is -2.11. The van der Waals surface area contributed by atoms with Gasteiger partial charge in [-0.05, 0) is 25.1 Å². The molecule has 0 saturated carbocycles. The average molecular weight is 306 g/mol. The smallest absolute Gasteiger partial charge is 0.215 e. The number of methoxy groups -OCH3 is 1. The predicted octanol–water partition coefficient (Wildman–Crippen LogP) is 3.62. The predicted molar refractivity (Wildman–Crippen MR) is 79.7 cm³/mol. The summed E-state index contributed by atoms with van der Waals surface area (Å²) in [5.41, 5.74) is 2.48. The summed E-state index contributed by atoms with van der Waals surface area (Å²) in [6.45, 7) is 1.72. The molecule has 21 heavy (non-hydrogen) atoms. The second-order valence-corrected chi connectivity index (χ2v) is 4.84. The van der Waals surface area contributed by atoms with Crippen LogP contribution in [0.3, 0.4) is 0 Å². The minimum absolute atomic E-state index is 0.203. The summed E-state index contributed by atoms with van der Waals surface area (Å²) in [5.74, 6) is 1.01. The summed E-state index contributed by atoms with van der Waals surface area (Å²) in [6.07, 6.45) is 0. The van der Waals surface area contributed by atoms with Gasteiger partial charge in [-0.1, -0.05) is 6.07 Å². The van der Waals surface area contributed by atoms with Crippen molar-refractivity contribution in [2.24, 2.45) is 0 Å². The maximum atomic E-state index is 13.8. The van der Waals surface area contributed by atoms with Crippen LogP contribution in [0, 0.1) is 12.7 Å². The molecule has 0 bridgehead atoms. The Balaban J connectivity index is 2.36. The van der Waals surface area contributed by atoms with Crippen molar-refractivity contribution in [1.29, 1.82) is 0 Å². The first-order valence-corrected chi connectivity index (χ1v) is 6.93. The van der Waals surface area contributed by atoms with Crippen LogP contribution >= 0.6 is 11.6 Å². The molecule has 2 aromatic heterocycles. The normalized spacial score (nSPS) is 11.0. The van der Waals surface area contributed by atoms with Crippen molar-refractivity contribution in [2.75, 3.05) is 7.11 Å². The van der Waals surface area contributed by atoms with Crippen molar-refractivity contribution in [2.45, 2.75) is 12.8 Å². The molecule has 0 radical (unpaired) electrons. The summed E-state index contributed by atoms with van der Waals surface area (Å²) < 4.78 is 20.8. The zero-order valence-electron chi connectivity index (χ0n) is 11.6. The molecule has 4 nitrogen and oxygen atoms in total. The highest BCUT2D eigenvalue weighted by atomic mass is 35.5.